The highest BCUT2D eigenvalue weighted by Crippen LogP contribution is 2.24. The van der Waals surface area contributed by atoms with Crippen molar-refractivity contribution in [1.29, 1.82) is 0 Å². The van der Waals surface area contributed by atoms with Gasteiger partial charge in [0.05, 0.1) is 12.2 Å². The fraction of sp³-hybridized carbons (Fsp3) is 0.188. The van der Waals surface area contributed by atoms with Gasteiger partial charge in [0.15, 0.2) is 23.3 Å². The molecule has 4 nitrogen and oxygen atoms in total. The molecular formula is C16H12F5NO3. The van der Waals surface area contributed by atoms with E-state index < -0.39 is 47.3 Å². The van der Waals surface area contributed by atoms with Crippen molar-refractivity contribution < 1.29 is 36.2 Å². The van der Waals surface area contributed by atoms with Gasteiger partial charge in [-0.05, 0) is 31.2 Å². The lowest BCUT2D eigenvalue weighted by molar-refractivity contribution is 0.151. The summed E-state index contributed by atoms with van der Waals surface area (Å²) in [7, 11) is 0. The molecule has 0 fully saturated rings. The highest BCUT2D eigenvalue weighted by atomic mass is 19.2. The summed E-state index contributed by atoms with van der Waals surface area (Å²) in [6, 6.07) is 6.07. The molecule has 0 atom stereocenters. The van der Waals surface area contributed by atoms with Crippen molar-refractivity contribution in [2.75, 3.05) is 11.9 Å². The van der Waals surface area contributed by atoms with Crippen molar-refractivity contribution >= 4 is 11.8 Å². The van der Waals surface area contributed by atoms with Crippen LogP contribution in [0.5, 0.6) is 5.75 Å². The molecular weight excluding hydrogens is 349 g/mol. The molecule has 2 rings (SSSR count). The smallest absolute Gasteiger partial charge is 0.411 e. The van der Waals surface area contributed by atoms with Gasteiger partial charge in [-0.15, -0.1) is 0 Å². The molecule has 0 heterocycles. The van der Waals surface area contributed by atoms with E-state index in [1.165, 1.54) is 12.1 Å². The highest BCUT2D eigenvalue weighted by molar-refractivity contribution is 5.84. The van der Waals surface area contributed by atoms with Gasteiger partial charge in [0.1, 0.15) is 12.4 Å². The van der Waals surface area contributed by atoms with Crippen molar-refractivity contribution in [3.63, 3.8) is 0 Å². The Morgan fingerprint density at radius 2 is 1.44 bits per heavy atom. The number of benzene rings is 2. The second-order valence-electron chi connectivity index (χ2n) is 4.71. The second-order valence-corrected chi connectivity index (χ2v) is 4.71. The van der Waals surface area contributed by atoms with E-state index in [1.54, 1.807) is 19.1 Å². The van der Waals surface area contributed by atoms with E-state index in [0.717, 1.165) is 0 Å². The molecule has 0 aliphatic heterocycles. The predicted octanol–water partition coefficient (Wildman–Crippen LogP) is 4.53. The van der Waals surface area contributed by atoms with Crippen LogP contribution in [0.3, 0.4) is 0 Å². The lowest BCUT2D eigenvalue weighted by Gasteiger charge is -2.10. The van der Waals surface area contributed by atoms with Crippen LogP contribution in [0, 0.1) is 29.1 Å². The minimum Gasteiger partial charge on any atom is -0.494 e. The Morgan fingerprint density at radius 1 is 0.920 bits per heavy atom. The van der Waals surface area contributed by atoms with E-state index in [2.05, 4.69) is 10.1 Å². The number of nitrogens with one attached hydrogen (secondary N) is 1. The quantitative estimate of drug-likeness (QED) is 0.484. The molecule has 0 saturated carbocycles. The summed E-state index contributed by atoms with van der Waals surface area (Å²) >= 11 is 0. The Bertz CT molecular complexity index is 751. The molecule has 9 heteroatoms. The van der Waals surface area contributed by atoms with Gasteiger partial charge in [-0.2, -0.15) is 0 Å². The zero-order valence-electron chi connectivity index (χ0n) is 12.8. The number of amides is 1. The Balaban J connectivity index is 2.03. The summed E-state index contributed by atoms with van der Waals surface area (Å²) in [5.41, 5.74) is -0.955. The normalized spacial score (nSPS) is 10.5. The first-order valence-corrected chi connectivity index (χ1v) is 7.02. The third-order valence-corrected chi connectivity index (χ3v) is 3.06. The Kier molecular flexibility index (Phi) is 5.79. The molecule has 0 aromatic heterocycles. The van der Waals surface area contributed by atoms with E-state index in [-0.39, 0.29) is 5.69 Å². The van der Waals surface area contributed by atoms with Crippen LogP contribution in [-0.4, -0.2) is 12.7 Å². The fourth-order valence-electron chi connectivity index (χ4n) is 1.87. The summed E-state index contributed by atoms with van der Waals surface area (Å²) < 4.78 is 75.6. The van der Waals surface area contributed by atoms with Crippen LogP contribution in [0.25, 0.3) is 0 Å². The first-order chi connectivity index (χ1) is 11.8. The molecule has 0 aliphatic carbocycles. The first-order valence-electron chi connectivity index (χ1n) is 7.02. The van der Waals surface area contributed by atoms with Gasteiger partial charge in [-0.1, -0.05) is 0 Å². The maximum absolute atomic E-state index is 13.5. The SMILES string of the molecule is CCOc1ccc(NC(=O)OCc2c(F)c(F)c(F)c(F)c2F)cc1. The van der Waals surface area contributed by atoms with Crippen LogP contribution in [0.15, 0.2) is 24.3 Å². The number of hydrogen-bond acceptors (Lipinski definition) is 3. The summed E-state index contributed by atoms with van der Waals surface area (Å²) in [6.45, 7) is 1.12. The summed E-state index contributed by atoms with van der Waals surface area (Å²) in [5.74, 6) is -10.0. The number of rotatable bonds is 5. The van der Waals surface area contributed by atoms with E-state index in [9.17, 15) is 26.7 Å². The summed E-state index contributed by atoms with van der Waals surface area (Å²) in [5, 5.41) is 2.24. The average molecular weight is 361 g/mol. The minimum atomic E-state index is -2.28. The molecule has 134 valence electrons. The number of anilines is 1. The van der Waals surface area contributed by atoms with Gasteiger partial charge in [0.2, 0.25) is 5.82 Å². The zero-order valence-corrected chi connectivity index (χ0v) is 12.8. The molecule has 0 aliphatic rings. The van der Waals surface area contributed by atoms with Crippen molar-refractivity contribution in [3.05, 3.63) is 58.9 Å². The minimum absolute atomic E-state index is 0.283. The lowest BCUT2D eigenvalue weighted by atomic mass is 10.2. The number of ether oxygens (including phenoxy) is 2. The lowest BCUT2D eigenvalue weighted by Crippen LogP contribution is -2.16. The zero-order chi connectivity index (χ0) is 18.6. The topological polar surface area (TPSA) is 47.6 Å². The predicted molar refractivity (Wildman–Crippen MR) is 77.7 cm³/mol. The van der Waals surface area contributed by atoms with Gasteiger partial charge in [0, 0.05) is 5.69 Å². The molecule has 0 radical (unpaired) electrons. The number of carbonyl (C=O) groups excluding carboxylic acids is 1. The number of carbonyl (C=O) groups is 1. The monoisotopic (exact) mass is 361 g/mol. The molecule has 0 spiro atoms. The van der Waals surface area contributed by atoms with Gasteiger partial charge < -0.3 is 9.47 Å². The molecule has 0 bridgehead atoms. The molecule has 0 unspecified atom stereocenters. The maximum atomic E-state index is 13.5. The third-order valence-electron chi connectivity index (χ3n) is 3.06. The van der Waals surface area contributed by atoms with Crippen LogP contribution in [0.2, 0.25) is 0 Å². The summed E-state index contributed by atoms with van der Waals surface area (Å²) in [6.07, 6.45) is -1.13. The molecule has 2 aromatic carbocycles. The van der Waals surface area contributed by atoms with Gasteiger partial charge >= 0.3 is 6.09 Å². The van der Waals surface area contributed by atoms with E-state index in [0.29, 0.717) is 12.4 Å². The average Bonchev–Trinajstić information content (AvgIpc) is 2.60. The largest absolute Gasteiger partial charge is 0.494 e. The Morgan fingerprint density at radius 3 is 1.96 bits per heavy atom. The molecule has 1 amide bonds. The molecule has 1 N–H and O–H groups in total. The molecule has 0 saturated heterocycles. The van der Waals surface area contributed by atoms with Crippen LogP contribution in [0.4, 0.5) is 32.4 Å². The molecule has 2 aromatic rings. The molecule has 25 heavy (non-hydrogen) atoms. The van der Waals surface area contributed by atoms with E-state index >= 15 is 0 Å². The van der Waals surface area contributed by atoms with Gasteiger partial charge in [0.25, 0.3) is 0 Å². The van der Waals surface area contributed by atoms with E-state index in [1.807, 2.05) is 0 Å². The van der Waals surface area contributed by atoms with Crippen molar-refractivity contribution in [1.82, 2.24) is 0 Å². The first kappa shape index (κ1) is 18.5. The van der Waals surface area contributed by atoms with Crippen LogP contribution < -0.4 is 10.1 Å². The maximum Gasteiger partial charge on any atom is 0.411 e. The van der Waals surface area contributed by atoms with Crippen molar-refractivity contribution in [2.24, 2.45) is 0 Å². The van der Waals surface area contributed by atoms with Crippen molar-refractivity contribution in [2.45, 2.75) is 13.5 Å². The Hall–Kier alpha value is -2.84. The van der Waals surface area contributed by atoms with Gasteiger partial charge in [-0.3, -0.25) is 5.32 Å². The Labute approximate surface area is 139 Å². The standard InChI is InChI=1S/C16H12F5NO3/c1-2-24-9-5-3-8(4-6-9)22-16(23)25-7-10-11(17)13(19)15(21)14(20)12(10)18/h3-6H,2,7H2,1H3,(H,22,23). The number of hydrogen-bond donors (Lipinski definition) is 1. The van der Waals surface area contributed by atoms with Gasteiger partial charge in [-0.25, -0.2) is 26.7 Å². The van der Waals surface area contributed by atoms with Crippen molar-refractivity contribution in [3.8, 4) is 5.75 Å². The van der Waals surface area contributed by atoms with Crippen LogP contribution in [0.1, 0.15) is 12.5 Å². The second kappa shape index (κ2) is 7.82. The third kappa shape index (κ3) is 4.17. The number of halogens is 5. The van der Waals surface area contributed by atoms with Crippen LogP contribution >= 0.6 is 0 Å². The van der Waals surface area contributed by atoms with Crippen LogP contribution in [-0.2, 0) is 11.3 Å². The highest BCUT2D eigenvalue weighted by Gasteiger charge is 2.26. The van der Waals surface area contributed by atoms with E-state index in [4.69, 9.17) is 4.74 Å². The fourth-order valence-corrected chi connectivity index (χ4v) is 1.87. The summed E-state index contributed by atoms with van der Waals surface area (Å²) in [4.78, 5) is 11.6.